The number of guanidine groups is 1. The van der Waals surface area contributed by atoms with Gasteiger partial charge in [-0.25, -0.2) is 4.98 Å². The molecule has 0 aromatic carbocycles. The molecule has 0 spiro atoms. The average molecular weight is 389 g/mol. The van der Waals surface area contributed by atoms with Gasteiger partial charge in [0.2, 0.25) is 0 Å². The van der Waals surface area contributed by atoms with E-state index in [4.69, 9.17) is 4.42 Å². The summed E-state index contributed by atoms with van der Waals surface area (Å²) in [5, 5.41) is 7.74. The Balaban J connectivity index is 1.81. The fourth-order valence-corrected chi connectivity index (χ4v) is 3.08. The zero-order valence-electron chi connectivity index (χ0n) is 14.8. The predicted octanol–water partition coefficient (Wildman–Crippen LogP) is 2.77. The van der Waals surface area contributed by atoms with E-state index in [0.29, 0.717) is 30.5 Å². The lowest BCUT2D eigenvalue weighted by atomic mass is 10.2. The molecule has 2 aromatic rings. The molecule has 6 nitrogen and oxygen atoms in total. The summed E-state index contributed by atoms with van der Waals surface area (Å²) in [6.07, 6.45) is -2.38. The Morgan fingerprint density at radius 3 is 2.69 bits per heavy atom. The summed E-state index contributed by atoms with van der Waals surface area (Å²) >= 11 is 1.01. The number of aliphatic imine (C=N–C) groups is 1. The standard InChI is InChI=1S/C16H22F3N5OS/c1-20-15(22-9-11(24(2)3)12-5-4-8-25-12)21-7-6-14-23-13(10-26-14)16(17,18)19/h4-5,8,10-11H,6-7,9H2,1-3H3,(H2,20,21,22). The molecule has 0 bridgehead atoms. The van der Waals surface area contributed by atoms with Gasteiger partial charge >= 0.3 is 6.18 Å². The van der Waals surface area contributed by atoms with Crippen LogP contribution in [0.15, 0.2) is 33.2 Å². The normalized spacial score (nSPS) is 13.9. The SMILES string of the molecule is CN=C(NCCc1nc(C(F)(F)F)cs1)NCC(c1ccco1)N(C)C. The maximum atomic E-state index is 12.6. The van der Waals surface area contributed by atoms with E-state index in [1.807, 2.05) is 31.1 Å². The maximum absolute atomic E-state index is 12.6. The van der Waals surface area contributed by atoms with Crippen molar-refractivity contribution in [2.45, 2.75) is 18.6 Å². The summed E-state index contributed by atoms with van der Waals surface area (Å²) in [4.78, 5) is 9.76. The van der Waals surface area contributed by atoms with Crippen molar-refractivity contribution in [2.24, 2.45) is 4.99 Å². The van der Waals surface area contributed by atoms with E-state index >= 15 is 0 Å². The molecule has 26 heavy (non-hydrogen) atoms. The number of nitrogens with one attached hydrogen (secondary N) is 2. The lowest BCUT2D eigenvalue weighted by molar-refractivity contribution is -0.140. The third kappa shape index (κ3) is 5.73. The number of furan rings is 1. The highest BCUT2D eigenvalue weighted by molar-refractivity contribution is 7.09. The second-order valence-electron chi connectivity index (χ2n) is 5.75. The van der Waals surface area contributed by atoms with Gasteiger partial charge in [0.25, 0.3) is 0 Å². The van der Waals surface area contributed by atoms with Crippen LogP contribution in [-0.4, -0.2) is 50.1 Å². The lowest BCUT2D eigenvalue weighted by Crippen LogP contribution is -2.42. The monoisotopic (exact) mass is 389 g/mol. The van der Waals surface area contributed by atoms with Crippen LogP contribution in [0.4, 0.5) is 13.2 Å². The molecular weight excluding hydrogens is 367 g/mol. The van der Waals surface area contributed by atoms with Crippen LogP contribution in [-0.2, 0) is 12.6 Å². The number of thiazole rings is 1. The molecule has 0 aliphatic rings. The topological polar surface area (TPSA) is 65.7 Å². The highest BCUT2D eigenvalue weighted by Gasteiger charge is 2.33. The van der Waals surface area contributed by atoms with Crippen molar-refractivity contribution in [1.82, 2.24) is 20.5 Å². The van der Waals surface area contributed by atoms with Crippen molar-refractivity contribution >= 4 is 17.3 Å². The van der Waals surface area contributed by atoms with Crippen LogP contribution in [0.2, 0.25) is 0 Å². The molecule has 10 heteroatoms. The Morgan fingerprint density at radius 1 is 1.38 bits per heavy atom. The Bertz CT molecular complexity index is 697. The number of likely N-dealkylation sites (N-methyl/N-ethyl adjacent to an activating group) is 1. The highest BCUT2D eigenvalue weighted by Crippen LogP contribution is 2.30. The molecule has 0 amide bonds. The molecule has 1 unspecified atom stereocenters. The summed E-state index contributed by atoms with van der Waals surface area (Å²) in [5.41, 5.74) is -0.840. The van der Waals surface area contributed by atoms with E-state index in [1.165, 1.54) is 0 Å². The number of nitrogens with zero attached hydrogens (tertiary/aromatic N) is 3. The van der Waals surface area contributed by atoms with Crippen LogP contribution in [0.1, 0.15) is 22.5 Å². The summed E-state index contributed by atoms with van der Waals surface area (Å²) < 4.78 is 43.1. The fourth-order valence-electron chi connectivity index (χ4n) is 2.28. The molecule has 0 fully saturated rings. The second kappa shape index (κ2) is 9.04. The van der Waals surface area contributed by atoms with E-state index in [-0.39, 0.29) is 6.04 Å². The summed E-state index contributed by atoms with van der Waals surface area (Å²) in [7, 11) is 5.54. The molecule has 0 saturated carbocycles. The molecular formula is C16H22F3N5OS. The summed E-state index contributed by atoms with van der Waals surface area (Å²) in [5.74, 6) is 1.40. The van der Waals surface area contributed by atoms with Gasteiger partial charge in [0.1, 0.15) is 5.76 Å². The quantitative estimate of drug-likeness (QED) is 0.563. The zero-order chi connectivity index (χ0) is 19.2. The van der Waals surface area contributed by atoms with Crippen LogP contribution in [0.25, 0.3) is 0 Å². The number of alkyl halides is 3. The lowest BCUT2D eigenvalue weighted by Gasteiger charge is -2.23. The molecule has 0 saturated heterocycles. The van der Waals surface area contributed by atoms with Crippen molar-refractivity contribution in [3.8, 4) is 0 Å². The number of hydrogen-bond donors (Lipinski definition) is 2. The first-order valence-corrected chi connectivity index (χ1v) is 8.85. The van der Waals surface area contributed by atoms with Gasteiger partial charge in [0.05, 0.1) is 17.3 Å². The molecule has 2 rings (SSSR count). The van der Waals surface area contributed by atoms with Crippen molar-refractivity contribution in [3.63, 3.8) is 0 Å². The van der Waals surface area contributed by atoms with Gasteiger partial charge in [-0.15, -0.1) is 11.3 Å². The minimum Gasteiger partial charge on any atom is -0.468 e. The maximum Gasteiger partial charge on any atom is 0.434 e. The smallest absolute Gasteiger partial charge is 0.434 e. The minimum atomic E-state index is -4.40. The van der Waals surface area contributed by atoms with E-state index in [2.05, 4.69) is 20.6 Å². The van der Waals surface area contributed by atoms with Gasteiger partial charge < -0.3 is 15.1 Å². The molecule has 2 heterocycles. The molecule has 0 radical (unpaired) electrons. The van der Waals surface area contributed by atoms with Crippen LogP contribution in [0.3, 0.4) is 0 Å². The molecule has 1 atom stereocenters. The number of halogens is 3. The third-order valence-corrected chi connectivity index (χ3v) is 4.56. The fraction of sp³-hybridized carbons (Fsp3) is 0.500. The van der Waals surface area contributed by atoms with Gasteiger partial charge in [-0.1, -0.05) is 0 Å². The second-order valence-corrected chi connectivity index (χ2v) is 6.69. The van der Waals surface area contributed by atoms with Gasteiger partial charge in [-0.2, -0.15) is 13.2 Å². The number of rotatable bonds is 7. The minimum absolute atomic E-state index is 0.0249. The number of hydrogen-bond acceptors (Lipinski definition) is 5. The third-order valence-electron chi connectivity index (χ3n) is 3.65. The Kier molecular flexibility index (Phi) is 7.04. The van der Waals surface area contributed by atoms with Crippen molar-refractivity contribution in [3.05, 3.63) is 40.2 Å². The van der Waals surface area contributed by atoms with Crippen LogP contribution >= 0.6 is 11.3 Å². The first kappa shape index (κ1) is 20.2. The summed E-state index contributed by atoms with van der Waals surface area (Å²) in [6, 6.07) is 3.77. The Hall–Kier alpha value is -2.07. The highest BCUT2D eigenvalue weighted by atomic mass is 32.1. The van der Waals surface area contributed by atoms with Crippen LogP contribution in [0.5, 0.6) is 0 Å². The molecule has 2 N–H and O–H groups in total. The Morgan fingerprint density at radius 2 is 2.15 bits per heavy atom. The van der Waals surface area contributed by atoms with E-state index < -0.39 is 11.9 Å². The van der Waals surface area contributed by atoms with Crippen molar-refractivity contribution in [2.75, 3.05) is 34.2 Å². The first-order valence-electron chi connectivity index (χ1n) is 7.97. The number of aromatic nitrogens is 1. The van der Waals surface area contributed by atoms with Crippen LogP contribution < -0.4 is 10.6 Å². The van der Waals surface area contributed by atoms with Crippen molar-refractivity contribution in [1.29, 1.82) is 0 Å². The van der Waals surface area contributed by atoms with E-state index in [1.54, 1.807) is 13.3 Å². The van der Waals surface area contributed by atoms with Gasteiger partial charge in [0.15, 0.2) is 11.7 Å². The van der Waals surface area contributed by atoms with Gasteiger partial charge in [-0.05, 0) is 26.2 Å². The first-order chi connectivity index (χ1) is 12.3. The van der Waals surface area contributed by atoms with Gasteiger partial charge in [-0.3, -0.25) is 9.89 Å². The van der Waals surface area contributed by atoms with E-state index in [0.717, 1.165) is 22.5 Å². The van der Waals surface area contributed by atoms with Gasteiger partial charge in [0, 0.05) is 31.9 Å². The Labute approximate surface area is 154 Å². The molecule has 0 aliphatic carbocycles. The van der Waals surface area contributed by atoms with Crippen LogP contribution in [0, 0.1) is 0 Å². The molecule has 144 valence electrons. The average Bonchev–Trinajstić information content (AvgIpc) is 3.24. The largest absolute Gasteiger partial charge is 0.468 e. The van der Waals surface area contributed by atoms with E-state index in [9.17, 15) is 13.2 Å². The molecule has 0 aliphatic heterocycles. The predicted molar refractivity (Wildman–Crippen MR) is 95.3 cm³/mol. The zero-order valence-corrected chi connectivity index (χ0v) is 15.6. The van der Waals surface area contributed by atoms with Crippen molar-refractivity contribution < 1.29 is 17.6 Å². The molecule has 2 aromatic heterocycles. The summed E-state index contributed by atoms with van der Waals surface area (Å²) in [6.45, 7) is 0.994.